The summed E-state index contributed by atoms with van der Waals surface area (Å²) in [6, 6.07) is 12.1. The van der Waals surface area contributed by atoms with Crippen molar-refractivity contribution in [3.8, 4) is 0 Å². The van der Waals surface area contributed by atoms with Crippen molar-refractivity contribution in [1.82, 2.24) is 10.2 Å². The average Bonchev–Trinajstić information content (AvgIpc) is 2.81. The summed E-state index contributed by atoms with van der Waals surface area (Å²) < 4.78 is 5.60. The SMILES string of the molecule is COC(C)(C)C(=O)N1[C@H]2CCCC[C@H]3N[C@H](Cc4ccccc4)[C@@H]1C[C@@]23C. The molecular weight excluding hydrogens is 336 g/mol. The number of rotatable bonds is 4. The Morgan fingerprint density at radius 3 is 2.67 bits per heavy atom. The number of amides is 1. The maximum Gasteiger partial charge on any atom is 0.254 e. The number of piperidine rings is 1. The smallest absolute Gasteiger partial charge is 0.254 e. The largest absolute Gasteiger partial charge is 0.369 e. The summed E-state index contributed by atoms with van der Waals surface area (Å²) >= 11 is 0. The van der Waals surface area contributed by atoms with Crippen LogP contribution in [0.2, 0.25) is 0 Å². The Kier molecular flexibility index (Phi) is 4.84. The Bertz CT molecular complexity index is 689. The molecule has 0 spiro atoms. The van der Waals surface area contributed by atoms with E-state index in [1.807, 2.05) is 13.8 Å². The van der Waals surface area contributed by atoms with Crippen molar-refractivity contribution in [2.45, 2.75) is 89.1 Å². The molecule has 148 valence electrons. The third kappa shape index (κ3) is 3.11. The molecule has 1 N–H and O–H groups in total. The quantitative estimate of drug-likeness (QED) is 0.881. The predicted molar refractivity (Wildman–Crippen MR) is 108 cm³/mol. The van der Waals surface area contributed by atoms with E-state index in [9.17, 15) is 4.79 Å². The van der Waals surface area contributed by atoms with E-state index in [-0.39, 0.29) is 17.4 Å². The summed E-state index contributed by atoms with van der Waals surface area (Å²) in [6.07, 6.45) is 6.89. The number of likely N-dealkylation sites (tertiary alicyclic amines) is 1. The first-order valence-electron chi connectivity index (χ1n) is 10.5. The van der Waals surface area contributed by atoms with E-state index >= 15 is 0 Å². The molecule has 4 heteroatoms. The van der Waals surface area contributed by atoms with Gasteiger partial charge in [0.2, 0.25) is 0 Å². The van der Waals surface area contributed by atoms with Gasteiger partial charge < -0.3 is 15.0 Å². The van der Waals surface area contributed by atoms with Gasteiger partial charge in [0, 0.05) is 36.7 Å². The van der Waals surface area contributed by atoms with Crippen LogP contribution in [-0.4, -0.2) is 47.7 Å². The Morgan fingerprint density at radius 1 is 1.26 bits per heavy atom. The number of nitrogens with zero attached hydrogens (tertiary/aromatic N) is 1. The van der Waals surface area contributed by atoms with Crippen LogP contribution in [0.15, 0.2) is 30.3 Å². The maximum absolute atomic E-state index is 13.6. The summed E-state index contributed by atoms with van der Waals surface area (Å²) in [6.45, 7) is 6.24. The molecule has 3 aliphatic rings. The number of ether oxygens (including phenoxy) is 1. The maximum atomic E-state index is 13.6. The lowest BCUT2D eigenvalue weighted by molar-refractivity contribution is -0.155. The first-order chi connectivity index (χ1) is 12.9. The number of nitrogens with one attached hydrogen (secondary N) is 1. The molecule has 1 aliphatic carbocycles. The lowest BCUT2D eigenvalue weighted by Crippen LogP contribution is -2.58. The van der Waals surface area contributed by atoms with Crippen LogP contribution in [-0.2, 0) is 16.0 Å². The molecular formula is C23H34N2O2. The monoisotopic (exact) mass is 370 g/mol. The molecule has 0 radical (unpaired) electrons. The van der Waals surface area contributed by atoms with Crippen LogP contribution < -0.4 is 5.32 Å². The van der Waals surface area contributed by atoms with Crippen molar-refractivity contribution in [2.75, 3.05) is 7.11 Å². The Morgan fingerprint density at radius 2 is 1.96 bits per heavy atom. The van der Waals surface area contributed by atoms with Crippen molar-refractivity contribution < 1.29 is 9.53 Å². The van der Waals surface area contributed by atoms with Crippen molar-refractivity contribution in [3.05, 3.63) is 35.9 Å². The summed E-state index contributed by atoms with van der Waals surface area (Å²) in [4.78, 5) is 15.8. The van der Waals surface area contributed by atoms with Crippen LogP contribution in [0, 0.1) is 5.41 Å². The molecule has 1 aromatic carbocycles. The second-order valence-corrected chi connectivity index (χ2v) is 9.52. The van der Waals surface area contributed by atoms with Crippen molar-refractivity contribution in [1.29, 1.82) is 0 Å². The van der Waals surface area contributed by atoms with Gasteiger partial charge in [-0.15, -0.1) is 0 Å². The zero-order chi connectivity index (χ0) is 19.2. The summed E-state index contributed by atoms with van der Waals surface area (Å²) in [5.41, 5.74) is 0.747. The minimum absolute atomic E-state index is 0.158. The molecule has 0 unspecified atom stereocenters. The summed E-state index contributed by atoms with van der Waals surface area (Å²) in [5.74, 6) is 0.158. The van der Waals surface area contributed by atoms with E-state index in [0.29, 0.717) is 18.1 Å². The molecule has 27 heavy (non-hydrogen) atoms. The number of hydrogen-bond acceptors (Lipinski definition) is 3. The first kappa shape index (κ1) is 18.9. The molecule has 4 nitrogen and oxygen atoms in total. The van der Waals surface area contributed by atoms with Crippen molar-refractivity contribution in [2.24, 2.45) is 5.41 Å². The van der Waals surface area contributed by atoms with Crippen LogP contribution >= 0.6 is 0 Å². The van der Waals surface area contributed by atoms with Gasteiger partial charge in [0.05, 0.1) is 0 Å². The van der Waals surface area contributed by atoms with Crippen LogP contribution in [0.5, 0.6) is 0 Å². The Balaban J connectivity index is 1.70. The molecule has 1 aromatic rings. The molecule has 2 aliphatic heterocycles. The van der Waals surface area contributed by atoms with E-state index in [0.717, 1.165) is 19.3 Å². The Labute approximate surface area is 163 Å². The number of methoxy groups -OCH3 is 1. The molecule has 1 saturated carbocycles. The van der Waals surface area contributed by atoms with Gasteiger partial charge in [-0.2, -0.15) is 0 Å². The number of benzene rings is 1. The lowest BCUT2D eigenvalue weighted by atomic mass is 9.70. The second kappa shape index (κ2) is 6.89. The lowest BCUT2D eigenvalue weighted by Gasteiger charge is -2.43. The fourth-order valence-electron chi connectivity index (χ4n) is 5.83. The van der Waals surface area contributed by atoms with Crippen molar-refractivity contribution in [3.63, 3.8) is 0 Å². The average molecular weight is 371 g/mol. The number of carbonyl (C=O) groups excluding carboxylic acids is 1. The molecule has 0 aromatic heterocycles. The third-order valence-corrected chi connectivity index (χ3v) is 7.56. The molecule has 2 saturated heterocycles. The fourth-order valence-corrected chi connectivity index (χ4v) is 5.83. The van der Waals surface area contributed by atoms with Crippen LogP contribution in [0.25, 0.3) is 0 Å². The molecule has 2 bridgehead atoms. The zero-order valence-electron chi connectivity index (χ0n) is 17.2. The number of carbonyl (C=O) groups is 1. The first-order valence-corrected chi connectivity index (χ1v) is 10.5. The minimum Gasteiger partial charge on any atom is -0.369 e. The molecule has 4 rings (SSSR count). The summed E-state index contributed by atoms with van der Waals surface area (Å²) in [7, 11) is 1.65. The van der Waals surface area contributed by atoms with Gasteiger partial charge in [-0.05, 0) is 45.1 Å². The van der Waals surface area contributed by atoms with Gasteiger partial charge in [-0.1, -0.05) is 50.1 Å². The van der Waals surface area contributed by atoms with Crippen LogP contribution in [0.1, 0.15) is 58.4 Å². The van der Waals surface area contributed by atoms with E-state index in [2.05, 4.69) is 47.5 Å². The normalized spacial score (nSPS) is 35.8. The van der Waals surface area contributed by atoms with Gasteiger partial charge in [-0.3, -0.25) is 4.79 Å². The van der Waals surface area contributed by atoms with Crippen LogP contribution in [0.4, 0.5) is 0 Å². The van der Waals surface area contributed by atoms with Gasteiger partial charge in [0.25, 0.3) is 5.91 Å². The summed E-state index contributed by atoms with van der Waals surface area (Å²) in [5, 5.41) is 4.00. The molecule has 5 atom stereocenters. The third-order valence-electron chi connectivity index (χ3n) is 7.56. The minimum atomic E-state index is -0.771. The van der Waals surface area contributed by atoms with E-state index in [1.165, 1.54) is 24.8 Å². The standard InChI is InChI=1S/C23H34N2O2/c1-22(2,27-4)21(26)25-18-15-23(3)19(12-8-9-13-20(23)25)24-17(18)14-16-10-6-5-7-11-16/h5-7,10-11,17-20,24H,8-9,12-15H2,1-4H3/t17-,18+,19-,20+,23-/m1/s1. The second-order valence-electron chi connectivity index (χ2n) is 9.52. The topological polar surface area (TPSA) is 41.6 Å². The highest BCUT2D eigenvalue weighted by Crippen LogP contribution is 2.52. The van der Waals surface area contributed by atoms with E-state index in [4.69, 9.17) is 4.74 Å². The Hall–Kier alpha value is -1.39. The molecule has 2 heterocycles. The van der Waals surface area contributed by atoms with Gasteiger partial charge >= 0.3 is 0 Å². The van der Waals surface area contributed by atoms with Crippen molar-refractivity contribution >= 4 is 5.91 Å². The molecule has 1 amide bonds. The predicted octanol–water partition coefficient (Wildman–Crippen LogP) is 3.54. The number of fused-ring (bicyclic) bond motifs is 1. The van der Waals surface area contributed by atoms with E-state index < -0.39 is 5.60 Å². The van der Waals surface area contributed by atoms with Crippen LogP contribution in [0.3, 0.4) is 0 Å². The zero-order valence-corrected chi connectivity index (χ0v) is 17.2. The highest BCUT2D eigenvalue weighted by molar-refractivity contribution is 5.85. The van der Waals surface area contributed by atoms with Gasteiger partial charge in [0.1, 0.15) is 5.60 Å². The fraction of sp³-hybridized carbons (Fsp3) is 0.696. The highest BCUT2D eigenvalue weighted by Gasteiger charge is 2.61. The van der Waals surface area contributed by atoms with Gasteiger partial charge in [-0.25, -0.2) is 0 Å². The van der Waals surface area contributed by atoms with E-state index in [1.54, 1.807) is 7.11 Å². The number of hydrogen-bond donors (Lipinski definition) is 1. The highest BCUT2D eigenvalue weighted by atomic mass is 16.5. The van der Waals surface area contributed by atoms with Gasteiger partial charge in [0.15, 0.2) is 0 Å². The molecule has 3 fully saturated rings.